The van der Waals surface area contributed by atoms with Gasteiger partial charge in [0.25, 0.3) is 0 Å². The van der Waals surface area contributed by atoms with Gasteiger partial charge in [-0.25, -0.2) is 8.78 Å². The van der Waals surface area contributed by atoms with Crippen molar-refractivity contribution in [3.63, 3.8) is 0 Å². The number of alkyl halides is 2. The Kier molecular flexibility index (Phi) is 6.53. The smallest absolute Gasteiger partial charge is 0.248 e. The Morgan fingerprint density at radius 3 is 2.41 bits per heavy atom. The van der Waals surface area contributed by atoms with Crippen LogP contribution in [0.5, 0.6) is 0 Å². The Morgan fingerprint density at radius 2 is 1.73 bits per heavy atom. The van der Waals surface area contributed by atoms with Gasteiger partial charge in [0.1, 0.15) is 5.78 Å². The zero-order valence-corrected chi connectivity index (χ0v) is 13.2. The molecule has 22 heavy (non-hydrogen) atoms. The van der Waals surface area contributed by atoms with Crippen molar-refractivity contribution in [3.05, 3.63) is 35.9 Å². The number of ketones is 1. The van der Waals surface area contributed by atoms with E-state index < -0.39 is 5.92 Å². The first-order chi connectivity index (χ1) is 10.6. The fourth-order valence-electron chi connectivity index (χ4n) is 3.20. The molecular formula is C19H26F2O. The molecule has 1 aliphatic carbocycles. The number of benzene rings is 1. The lowest BCUT2D eigenvalue weighted by atomic mass is 9.83. The second-order valence-electron chi connectivity index (χ2n) is 6.59. The van der Waals surface area contributed by atoms with Gasteiger partial charge in [-0.2, -0.15) is 0 Å². The van der Waals surface area contributed by atoms with E-state index in [9.17, 15) is 13.6 Å². The maximum atomic E-state index is 13.1. The lowest BCUT2D eigenvalue weighted by Crippen LogP contribution is -2.25. The molecule has 0 spiro atoms. The summed E-state index contributed by atoms with van der Waals surface area (Å²) in [5, 5.41) is 0. The number of aryl methyl sites for hydroxylation is 1. The second-order valence-corrected chi connectivity index (χ2v) is 6.59. The first kappa shape index (κ1) is 17.1. The van der Waals surface area contributed by atoms with Crippen LogP contribution in [0.2, 0.25) is 0 Å². The van der Waals surface area contributed by atoms with E-state index in [-0.39, 0.29) is 24.5 Å². The number of unbranched alkanes of at least 4 members (excludes halogenated alkanes) is 2. The summed E-state index contributed by atoms with van der Waals surface area (Å²) in [6.45, 7) is 0. The van der Waals surface area contributed by atoms with E-state index >= 15 is 0 Å². The zero-order chi connectivity index (χ0) is 15.8. The average Bonchev–Trinajstić information content (AvgIpc) is 2.50. The summed E-state index contributed by atoms with van der Waals surface area (Å²) in [5.41, 5.74) is 1.34. The molecule has 3 heteroatoms. The minimum absolute atomic E-state index is 0.0397. The highest BCUT2D eigenvalue weighted by Gasteiger charge is 2.35. The summed E-state index contributed by atoms with van der Waals surface area (Å²) in [7, 11) is 0. The maximum Gasteiger partial charge on any atom is 0.248 e. The van der Waals surface area contributed by atoms with Crippen LogP contribution in [0.25, 0.3) is 0 Å². The molecule has 0 aromatic heterocycles. The molecule has 0 bridgehead atoms. The van der Waals surface area contributed by atoms with Gasteiger partial charge in [-0.05, 0) is 43.6 Å². The molecule has 0 unspecified atom stereocenters. The third-order valence-electron chi connectivity index (χ3n) is 4.62. The molecule has 2 rings (SSSR count). The number of hydrogen-bond donors (Lipinski definition) is 0. The largest absolute Gasteiger partial charge is 0.300 e. The molecule has 1 nitrogen and oxygen atoms in total. The van der Waals surface area contributed by atoms with Gasteiger partial charge < -0.3 is 0 Å². The summed E-state index contributed by atoms with van der Waals surface area (Å²) < 4.78 is 26.1. The number of Topliss-reactive ketones (excluding diaryl/α,β-unsaturated/α-hetero) is 1. The van der Waals surface area contributed by atoms with Crippen molar-refractivity contribution < 1.29 is 13.6 Å². The Balaban J connectivity index is 1.53. The number of hydrogen-bond acceptors (Lipinski definition) is 1. The van der Waals surface area contributed by atoms with Crippen LogP contribution in [0, 0.1) is 5.92 Å². The molecule has 1 fully saturated rings. The van der Waals surface area contributed by atoms with Gasteiger partial charge in [-0.1, -0.05) is 36.8 Å². The third-order valence-corrected chi connectivity index (χ3v) is 4.62. The predicted octanol–water partition coefficient (Wildman–Crippen LogP) is 5.57. The first-order valence-electron chi connectivity index (χ1n) is 8.49. The minimum atomic E-state index is -2.49. The molecule has 0 radical (unpaired) electrons. The van der Waals surface area contributed by atoms with Crippen LogP contribution in [-0.4, -0.2) is 11.7 Å². The SMILES string of the molecule is O=C(CCCCCc1ccccc1)CC1CCC(F)(F)CC1. The number of carbonyl (C=O) groups excluding carboxylic acids is 1. The Hall–Kier alpha value is -1.25. The summed E-state index contributed by atoms with van der Waals surface area (Å²) in [6, 6.07) is 10.4. The monoisotopic (exact) mass is 308 g/mol. The average molecular weight is 308 g/mol. The van der Waals surface area contributed by atoms with E-state index in [4.69, 9.17) is 0 Å². The minimum Gasteiger partial charge on any atom is -0.300 e. The van der Waals surface area contributed by atoms with Crippen LogP contribution in [0.4, 0.5) is 8.78 Å². The lowest BCUT2D eigenvalue weighted by molar-refractivity contribution is -0.121. The van der Waals surface area contributed by atoms with E-state index in [0.29, 0.717) is 25.7 Å². The standard InChI is InChI=1S/C19H26F2O/c20-19(21)13-11-17(12-14-19)15-18(22)10-6-2-5-9-16-7-3-1-4-8-16/h1,3-4,7-8,17H,2,5-6,9-15H2. The zero-order valence-electron chi connectivity index (χ0n) is 13.2. The van der Waals surface area contributed by atoms with Crippen molar-refractivity contribution in [3.8, 4) is 0 Å². The number of halogens is 2. The Morgan fingerprint density at radius 1 is 1.05 bits per heavy atom. The predicted molar refractivity (Wildman–Crippen MR) is 85.1 cm³/mol. The molecule has 0 atom stereocenters. The van der Waals surface area contributed by atoms with Gasteiger partial charge in [-0.3, -0.25) is 4.79 Å². The highest BCUT2D eigenvalue weighted by Crippen LogP contribution is 2.37. The van der Waals surface area contributed by atoms with Crippen LogP contribution in [0.15, 0.2) is 30.3 Å². The molecule has 122 valence electrons. The molecule has 1 aromatic rings. The van der Waals surface area contributed by atoms with E-state index in [1.165, 1.54) is 5.56 Å². The molecule has 0 saturated heterocycles. The lowest BCUT2D eigenvalue weighted by Gasteiger charge is -2.27. The summed E-state index contributed by atoms with van der Waals surface area (Å²) in [6.07, 6.45) is 6.21. The van der Waals surface area contributed by atoms with Crippen LogP contribution in [-0.2, 0) is 11.2 Å². The summed E-state index contributed by atoms with van der Waals surface area (Å²) in [5.74, 6) is -2.04. The Bertz CT molecular complexity index is 446. The van der Waals surface area contributed by atoms with Gasteiger partial charge in [0, 0.05) is 25.7 Å². The van der Waals surface area contributed by atoms with Crippen molar-refractivity contribution >= 4 is 5.78 Å². The summed E-state index contributed by atoms with van der Waals surface area (Å²) >= 11 is 0. The van der Waals surface area contributed by atoms with Crippen molar-refractivity contribution in [1.29, 1.82) is 0 Å². The first-order valence-corrected chi connectivity index (χ1v) is 8.49. The fourth-order valence-corrected chi connectivity index (χ4v) is 3.20. The van der Waals surface area contributed by atoms with E-state index in [2.05, 4.69) is 12.1 Å². The van der Waals surface area contributed by atoms with E-state index in [1.54, 1.807) is 0 Å². The molecular weight excluding hydrogens is 282 g/mol. The van der Waals surface area contributed by atoms with Crippen LogP contribution in [0.1, 0.15) is 63.4 Å². The molecule has 0 aliphatic heterocycles. The third kappa shape index (κ3) is 6.25. The van der Waals surface area contributed by atoms with Crippen molar-refractivity contribution in [1.82, 2.24) is 0 Å². The fraction of sp³-hybridized carbons (Fsp3) is 0.632. The maximum absolute atomic E-state index is 13.1. The topological polar surface area (TPSA) is 17.1 Å². The van der Waals surface area contributed by atoms with Crippen LogP contribution >= 0.6 is 0 Å². The normalized spacial score (nSPS) is 18.3. The highest BCUT2D eigenvalue weighted by molar-refractivity contribution is 5.78. The molecule has 1 aromatic carbocycles. The van der Waals surface area contributed by atoms with E-state index in [0.717, 1.165) is 25.7 Å². The van der Waals surface area contributed by atoms with Crippen molar-refractivity contribution in [2.24, 2.45) is 5.92 Å². The van der Waals surface area contributed by atoms with Gasteiger partial charge in [0.2, 0.25) is 5.92 Å². The second kappa shape index (κ2) is 8.40. The molecule has 0 heterocycles. The van der Waals surface area contributed by atoms with Gasteiger partial charge in [-0.15, -0.1) is 0 Å². The number of carbonyl (C=O) groups is 1. The van der Waals surface area contributed by atoms with Crippen molar-refractivity contribution in [2.75, 3.05) is 0 Å². The van der Waals surface area contributed by atoms with Crippen LogP contribution < -0.4 is 0 Å². The van der Waals surface area contributed by atoms with Gasteiger partial charge >= 0.3 is 0 Å². The van der Waals surface area contributed by atoms with Gasteiger partial charge in [0.15, 0.2) is 0 Å². The van der Waals surface area contributed by atoms with Crippen molar-refractivity contribution in [2.45, 2.75) is 70.1 Å². The molecule has 0 amide bonds. The van der Waals surface area contributed by atoms with Gasteiger partial charge in [0.05, 0.1) is 0 Å². The number of rotatable bonds is 8. The quantitative estimate of drug-likeness (QED) is 0.573. The molecule has 1 aliphatic rings. The molecule has 0 N–H and O–H groups in total. The van der Waals surface area contributed by atoms with Crippen LogP contribution in [0.3, 0.4) is 0 Å². The summed E-state index contributed by atoms with van der Waals surface area (Å²) in [4.78, 5) is 11.9. The van der Waals surface area contributed by atoms with E-state index in [1.807, 2.05) is 18.2 Å². The highest BCUT2D eigenvalue weighted by atomic mass is 19.3. The molecule has 1 saturated carbocycles. The Labute approximate surface area is 132 Å².